The number of carbonyl (C=O) groups is 2. The van der Waals surface area contributed by atoms with Gasteiger partial charge < -0.3 is 5.11 Å². The third-order valence-electron chi connectivity index (χ3n) is 4.05. The minimum atomic E-state index is -0.895. The molecule has 0 fully saturated rings. The zero-order valence-corrected chi connectivity index (χ0v) is 13.5. The number of Topliss-reactive ketones (excluding diaryl/α,β-unsaturated/α-hetero) is 1. The predicted octanol–water partition coefficient (Wildman–Crippen LogP) is 4.25. The molecule has 3 rings (SSSR count). The van der Waals surface area contributed by atoms with E-state index < -0.39 is 11.9 Å². The highest BCUT2D eigenvalue weighted by Gasteiger charge is 2.33. The van der Waals surface area contributed by atoms with Crippen molar-refractivity contribution < 1.29 is 14.7 Å². The molecule has 2 aromatic carbocycles. The molecular weight excluding hydrogens is 308 g/mol. The van der Waals surface area contributed by atoms with Gasteiger partial charge in [-0.3, -0.25) is 9.59 Å². The first-order valence-corrected chi connectivity index (χ1v) is 8.53. The van der Waals surface area contributed by atoms with Crippen LogP contribution in [0.3, 0.4) is 0 Å². The van der Waals surface area contributed by atoms with E-state index in [0.29, 0.717) is 16.7 Å². The number of hydrogen-bond donors (Lipinski definition) is 1. The third kappa shape index (κ3) is 3.08. The Hall–Kier alpha value is -2.33. The Labute approximate surface area is 139 Å². The maximum atomic E-state index is 12.6. The monoisotopic (exact) mass is 324 g/mol. The minimum Gasteiger partial charge on any atom is -0.481 e. The largest absolute Gasteiger partial charge is 0.481 e. The van der Waals surface area contributed by atoms with E-state index in [2.05, 4.69) is 0 Å². The van der Waals surface area contributed by atoms with Crippen LogP contribution in [-0.2, 0) is 4.79 Å². The van der Waals surface area contributed by atoms with Crippen LogP contribution in [-0.4, -0.2) is 23.1 Å². The van der Waals surface area contributed by atoms with Crippen molar-refractivity contribution in [1.29, 1.82) is 0 Å². The predicted molar refractivity (Wildman–Crippen MR) is 92.0 cm³/mol. The quantitative estimate of drug-likeness (QED) is 0.677. The van der Waals surface area contributed by atoms with Crippen molar-refractivity contribution in [3.63, 3.8) is 0 Å². The van der Waals surface area contributed by atoms with Gasteiger partial charge >= 0.3 is 5.97 Å². The van der Waals surface area contributed by atoms with Crippen LogP contribution in [0, 0.1) is 0 Å². The highest BCUT2D eigenvalue weighted by atomic mass is 32.2. The molecule has 1 atom stereocenters. The van der Waals surface area contributed by atoms with Crippen molar-refractivity contribution in [3.05, 3.63) is 70.8 Å². The highest BCUT2D eigenvalue weighted by molar-refractivity contribution is 7.98. The number of thioether (sulfide) groups is 1. The molecule has 0 heterocycles. The Morgan fingerprint density at radius 2 is 1.87 bits per heavy atom. The van der Waals surface area contributed by atoms with Gasteiger partial charge in [0.25, 0.3) is 0 Å². The van der Waals surface area contributed by atoms with Gasteiger partial charge in [0.1, 0.15) is 0 Å². The van der Waals surface area contributed by atoms with Gasteiger partial charge in [0.15, 0.2) is 5.78 Å². The van der Waals surface area contributed by atoms with Crippen LogP contribution in [0.15, 0.2) is 59.0 Å². The second-order valence-corrected chi connectivity index (χ2v) is 6.33. The summed E-state index contributed by atoms with van der Waals surface area (Å²) in [7, 11) is 0. The van der Waals surface area contributed by atoms with Crippen LogP contribution in [0.25, 0.3) is 6.08 Å². The first-order chi connectivity index (χ1) is 11.1. The first kappa shape index (κ1) is 15.6. The second-order valence-electron chi connectivity index (χ2n) is 5.45. The summed E-state index contributed by atoms with van der Waals surface area (Å²) < 4.78 is 0. The normalized spacial score (nSPS) is 18.7. The van der Waals surface area contributed by atoms with Crippen molar-refractivity contribution in [1.82, 2.24) is 0 Å². The van der Waals surface area contributed by atoms with E-state index in [-0.39, 0.29) is 12.2 Å². The summed E-state index contributed by atoms with van der Waals surface area (Å²) >= 11 is 1.65. The molecule has 0 radical (unpaired) electrons. The maximum absolute atomic E-state index is 12.6. The van der Waals surface area contributed by atoms with Gasteiger partial charge in [-0.1, -0.05) is 36.4 Å². The molecule has 0 spiro atoms. The number of ketones is 1. The Morgan fingerprint density at radius 1 is 1.17 bits per heavy atom. The van der Waals surface area contributed by atoms with Crippen LogP contribution in [0.1, 0.15) is 33.8 Å². The van der Waals surface area contributed by atoms with Crippen molar-refractivity contribution in [2.45, 2.75) is 17.2 Å². The van der Waals surface area contributed by atoms with E-state index in [9.17, 15) is 14.7 Å². The lowest BCUT2D eigenvalue weighted by Gasteiger charge is -2.23. The topological polar surface area (TPSA) is 54.4 Å². The molecule has 0 bridgehead atoms. The molecule has 1 aliphatic rings. The number of aliphatic carboxylic acids is 1. The molecule has 1 N–H and O–H groups in total. The molecular formula is C19H16O3S. The zero-order chi connectivity index (χ0) is 16.4. The van der Waals surface area contributed by atoms with Gasteiger partial charge in [-0.15, -0.1) is 11.8 Å². The molecule has 2 aromatic rings. The van der Waals surface area contributed by atoms with Crippen LogP contribution in [0.4, 0.5) is 0 Å². The molecule has 0 aromatic heterocycles. The molecule has 4 heteroatoms. The summed E-state index contributed by atoms with van der Waals surface area (Å²) in [6.07, 6.45) is 4.04. The summed E-state index contributed by atoms with van der Waals surface area (Å²) in [5, 5.41) is 9.48. The number of benzene rings is 2. The molecule has 0 saturated carbocycles. The molecule has 3 nitrogen and oxygen atoms in total. The summed E-state index contributed by atoms with van der Waals surface area (Å²) in [6.45, 7) is 0. The molecule has 1 aliphatic carbocycles. The standard InChI is InChI=1S/C19H16O3S/c1-23-14-8-6-12(7-9-14)10-13-11-17(19(21)22)15-4-2-3-5-16(15)18(13)20/h2-10,17H,11H2,1H3,(H,21,22). The number of rotatable bonds is 3. The van der Waals surface area contributed by atoms with E-state index in [1.165, 1.54) is 0 Å². The maximum Gasteiger partial charge on any atom is 0.311 e. The molecule has 0 saturated heterocycles. The van der Waals surface area contributed by atoms with E-state index in [4.69, 9.17) is 0 Å². The Balaban J connectivity index is 2.01. The van der Waals surface area contributed by atoms with Crippen molar-refractivity contribution in [3.8, 4) is 0 Å². The summed E-state index contributed by atoms with van der Waals surface area (Å²) in [5.74, 6) is -1.64. The summed E-state index contributed by atoms with van der Waals surface area (Å²) in [5.41, 5.74) is 2.57. The minimum absolute atomic E-state index is 0.0768. The average molecular weight is 324 g/mol. The van der Waals surface area contributed by atoms with Gasteiger partial charge in [0, 0.05) is 16.0 Å². The Kier molecular flexibility index (Phi) is 4.35. The summed E-state index contributed by atoms with van der Waals surface area (Å²) in [6, 6.07) is 14.9. The molecule has 23 heavy (non-hydrogen) atoms. The first-order valence-electron chi connectivity index (χ1n) is 7.31. The van der Waals surface area contributed by atoms with Crippen molar-refractivity contribution >= 4 is 29.6 Å². The third-order valence-corrected chi connectivity index (χ3v) is 4.79. The Morgan fingerprint density at radius 3 is 2.52 bits per heavy atom. The van der Waals surface area contributed by atoms with Gasteiger partial charge in [0.2, 0.25) is 0 Å². The number of carbonyl (C=O) groups excluding carboxylic acids is 1. The molecule has 0 amide bonds. The lowest BCUT2D eigenvalue weighted by atomic mass is 9.78. The fourth-order valence-corrected chi connectivity index (χ4v) is 3.26. The van der Waals surface area contributed by atoms with Crippen LogP contribution < -0.4 is 0 Å². The van der Waals surface area contributed by atoms with E-state index >= 15 is 0 Å². The van der Waals surface area contributed by atoms with Gasteiger partial charge in [0.05, 0.1) is 5.92 Å². The lowest BCUT2D eigenvalue weighted by Crippen LogP contribution is -2.23. The number of carboxylic acids is 1. The lowest BCUT2D eigenvalue weighted by molar-refractivity contribution is -0.138. The molecule has 116 valence electrons. The van der Waals surface area contributed by atoms with E-state index in [0.717, 1.165) is 10.5 Å². The molecule has 1 unspecified atom stereocenters. The fraction of sp³-hybridized carbons (Fsp3) is 0.158. The Bertz CT molecular complexity index is 791. The van der Waals surface area contributed by atoms with Crippen LogP contribution in [0.5, 0.6) is 0 Å². The van der Waals surface area contributed by atoms with Gasteiger partial charge in [-0.2, -0.15) is 0 Å². The zero-order valence-electron chi connectivity index (χ0n) is 12.7. The van der Waals surface area contributed by atoms with Crippen LogP contribution >= 0.6 is 11.8 Å². The smallest absolute Gasteiger partial charge is 0.311 e. The number of fused-ring (bicyclic) bond motifs is 1. The van der Waals surface area contributed by atoms with Gasteiger partial charge in [-0.05, 0) is 42.0 Å². The SMILES string of the molecule is CSc1ccc(C=C2CC(C(=O)O)c3ccccc3C2=O)cc1. The highest BCUT2D eigenvalue weighted by Crippen LogP contribution is 2.35. The van der Waals surface area contributed by atoms with Crippen molar-refractivity contribution in [2.75, 3.05) is 6.26 Å². The van der Waals surface area contributed by atoms with E-state index in [1.807, 2.05) is 30.5 Å². The average Bonchev–Trinajstić information content (AvgIpc) is 2.58. The number of hydrogen-bond acceptors (Lipinski definition) is 3. The van der Waals surface area contributed by atoms with Crippen LogP contribution in [0.2, 0.25) is 0 Å². The number of allylic oxidation sites excluding steroid dienone is 1. The fourth-order valence-electron chi connectivity index (χ4n) is 2.85. The number of carboxylic acid groups (broad SMARTS) is 1. The van der Waals surface area contributed by atoms with Gasteiger partial charge in [-0.25, -0.2) is 0 Å². The van der Waals surface area contributed by atoms with Crippen molar-refractivity contribution in [2.24, 2.45) is 0 Å². The van der Waals surface area contributed by atoms with E-state index in [1.54, 1.807) is 42.1 Å². The summed E-state index contributed by atoms with van der Waals surface area (Å²) in [4.78, 5) is 25.4. The molecule has 0 aliphatic heterocycles. The second kappa shape index (κ2) is 6.42.